The standard InChI is InChI=1S/C24H51NO2/c1-3-5-7-8-9-10-11-12-13-14-15-16-17-18-20-22-24(27)25-23(26)21-19-6-4-2/h23-27H,3-22H2,1-2H3. The summed E-state index contributed by atoms with van der Waals surface area (Å²) in [7, 11) is 0. The first-order chi connectivity index (χ1) is 13.2. The number of aliphatic hydroxyl groups excluding tert-OH is 2. The van der Waals surface area contributed by atoms with Gasteiger partial charge in [0.05, 0.1) is 0 Å². The Balaban J connectivity index is 3.19. The van der Waals surface area contributed by atoms with Gasteiger partial charge in [0.2, 0.25) is 0 Å². The highest BCUT2D eigenvalue weighted by atomic mass is 16.3. The number of rotatable bonds is 22. The van der Waals surface area contributed by atoms with Crippen molar-refractivity contribution in [2.24, 2.45) is 0 Å². The van der Waals surface area contributed by atoms with Crippen molar-refractivity contribution >= 4 is 0 Å². The third-order valence-corrected chi connectivity index (χ3v) is 5.55. The summed E-state index contributed by atoms with van der Waals surface area (Å²) in [4.78, 5) is 0. The van der Waals surface area contributed by atoms with Gasteiger partial charge < -0.3 is 10.2 Å². The van der Waals surface area contributed by atoms with E-state index in [1.165, 1.54) is 89.9 Å². The SMILES string of the molecule is CCCCCCCCCCCCCCCCCC(O)NC(O)CCCCC. The zero-order valence-corrected chi connectivity index (χ0v) is 18.7. The molecule has 0 amide bonds. The lowest BCUT2D eigenvalue weighted by molar-refractivity contribution is 0.0311. The van der Waals surface area contributed by atoms with E-state index in [2.05, 4.69) is 19.2 Å². The largest absolute Gasteiger partial charge is 0.379 e. The van der Waals surface area contributed by atoms with Crippen LogP contribution in [0.15, 0.2) is 0 Å². The molecule has 0 fully saturated rings. The Labute approximate surface area is 170 Å². The lowest BCUT2D eigenvalue weighted by Gasteiger charge is -2.18. The molecule has 27 heavy (non-hydrogen) atoms. The van der Waals surface area contributed by atoms with Crippen molar-refractivity contribution < 1.29 is 10.2 Å². The molecule has 0 aliphatic rings. The maximum absolute atomic E-state index is 9.91. The van der Waals surface area contributed by atoms with E-state index in [0.29, 0.717) is 0 Å². The van der Waals surface area contributed by atoms with E-state index in [9.17, 15) is 10.2 Å². The molecule has 3 heteroatoms. The van der Waals surface area contributed by atoms with E-state index in [1.807, 2.05) is 0 Å². The summed E-state index contributed by atoms with van der Waals surface area (Å²) in [6.07, 6.45) is 24.1. The van der Waals surface area contributed by atoms with E-state index in [-0.39, 0.29) is 0 Å². The Morgan fingerprint density at radius 3 is 1.07 bits per heavy atom. The summed E-state index contributed by atoms with van der Waals surface area (Å²) in [6, 6.07) is 0. The molecule has 0 saturated carbocycles. The summed E-state index contributed by atoms with van der Waals surface area (Å²) in [5, 5.41) is 22.6. The van der Waals surface area contributed by atoms with Crippen molar-refractivity contribution in [3.63, 3.8) is 0 Å². The summed E-state index contributed by atoms with van der Waals surface area (Å²) in [5.41, 5.74) is 0. The van der Waals surface area contributed by atoms with Crippen molar-refractivity contribution in [1.82, 2.24) is 5.32 Å². The van der Waals surface area contributed by atoms with Crippen LogP contribution < -0.4 is 5.32 Å². The average molecular weight is 386 g/mol. The van der Waals surface area contributed by atoms with Gasteiger partial charge in [0.25, 0.3) is 0 Å². The fourth-order valence-electron chi connectivity index (χ4n) is 3.69. The molecule has 0 aliphatic heterocycles. The van der Waals surface area contributed by atoms with Gasteiger partial charge in [-0.3, -0.25) is 5.32 Å². The van der Waals surface area contributed by atoms with Gasteiger partial charge in [-0.1, -0.05) is 117 Å². The summed E-state index contributed by atoms with van der Waals surface area (Å²) < 4.78 is 0. The number of nitrogens with one attached hydrogen (secondary N) is 1. The lowest BCUT2D eigenvalue weighted by Crippen LogP contribution is -2.38. The second-order valence-corrected chi connectivity index (χ2v) is 8.43. The van der Waals surface area contributed by atoms with E-state index in [0.717, 1.165) is 38.5 Å². The molecule has 0 aromatic heterocycles. The van der Waals surface area contributed by atoms with Gasteiger partial charge in [0.15, 0.2) is 0 Å². The topological polar surface area (TPSA) is 52.5 Å². The normalized spacial score (nSPS) is 13.8. The van der Waals surface area contributed by atoms with Gasteiger partial charge in [-0.25, -0.2) is 0 Å². The zero-order valence-electron chi connectivity index (χ0n) is 18.7. The molecule has 3 N–H and O–H groups in total. The highest BCUT2D eigenvalue weighted by Crippen LogP contribution is 2.14. The van der Waals surface area contributed by atoms with Crippen LogP contribution in [0.5, 0.6) is 0 Å². The second kappa shape index (κ2) is 22.2. The van der Waals surface area contributed by atoms with Crippen LogP contribution >= 0.6 is 0 Å². The zero-order chi connectivity index (χ0) is 20.0. The lowest BCUT2D eigenvalue weighted by atomic mass is 10.0. The van der Waals surface area contributed by atoms with Crippen molar-refractivity contribution in [2.75, 3.05) is 0 Å². The Bertz CT molecular complexity index is 273. The molecule has 0 bridgehead atoms. The van der Waals surface area contributed by atoms with Gasteiger partial charge in [-0.05, 0) is 25.7 Å². The first-order valence-corrected chi connectivity index (χ1v) is 12.3. The predicted molar refractivity (Wildman–Crippen MR) is 119 cm³/mol. The summed E-state index contributed by atoms with van der Waals surface area (Å²) >= 11 is 0. The maximum atomic E-state index is 9.91. The molecular formula is C24H51NO2. The Morgan fingerprint density at radius 2 is 0.704 bits per heavy atom. The minimum absolute atomic E-state index is 0.552. The third-order valence-electron chi connectivity index (χ3n) is 5.55. The minimum atomic E-state index is -0.553. The molecule has 2 unspecified atom stereocenters. The molecule has 164 valence electrons. The van der Waals surface area contributed by atoms with E-state index in [1.54, 1.807) is 0 Å². The highest BCUT2D eigenvalue weighted by molar-refractivity contribution is 4.59. The van der Waals surface area contributed by atoms with Gasteiger partial charge in [-0.15, -0.1) is 0 Å². The minimum Gasteiger partial charge on any atom is -0.379 e. The molecular weight excluding hydrogens is 334 g/mol. The Kier molecular flexibility index (Phi) is 22.1. The molecule has 3 nitrogen and oxygen atoms in total. The van der Waals surface area contributed by atoms with Gasteiger partial charge >= 0.3 is 0 Å². The summed E-state index contributed by atoms with van der Waals surface area (Å²) in [6.45, 7) is 4.44. The molecule has 0 rings (SSSR count). The van der Waals surface area contributed by atoms with Gasteiger partial charge in [0.1, 0.15) is 12.5 Å². The maximum Gasteiger partial charge on any atom is 0.106 e. The van der Waals surface area contributed by atoms with Gasteiger partial charge in [-0.2, -0.15) is 0 Å². The van der Waals surface area contributed by atoms with E-state index >= 15 is 0 Å². The molecule has 0 aromatic rings. The third kappa shape index (κ3) is 22.0. The smallest absolute Gasteiger partial charge is 0.106 e. The van der Waals surface area contributed by atoms with Crippen LogP contribution in [0, 0.1) is 0 Å². The molecule has 0 saturated heterocycles. The van der Waals surface area contributed by atoms with Crippen LogP contribution in [0.3, 0.4) is 0 Å². The van der Waals surface area contributed by atoms with Crippen LogP contribution in [-0.2, 0) is 0 Å². The van der Waals surface area contributed by atoms with Crippen LogP contribution in [-0.4, -0.2) is 22.7 Å². The Hall–Kier alpha value is -0.120. The first-order valence-electron chi connectivity index (χ1n) is 12.3. The number of hydrogen-bond acceptors (Lipinski definition) is 3. The first kappa shape index (κ1) is 26.9. The van der Waals surface area contributed by atoms with Crippen LogP contribution in [0.25, 0.3) is 0 Å². The number of unbranched alkanes of at least 4 members (excludes halogenated alkanes) is 16. The molecule has 0 heterocycles. The van der Waals surface area contributed by atoms with E-state index in [4.69, 9.17) is 0 Å². The molecule has 0 aromatic carbocycles. The van der Waals surface area contributed by atoms with Crippen molar-refractivity contribution in [3.8, 4) is 0 Å². The van der Waals surface area contributed by atoms with Crippen molar-refractivity contribution in [3.05, 3.63) is 0 Å². The highest BCUT2D eigenvalue weighted by Gasteiger charge is 2.09. The summed E-state index contributed by atoms with van der Waals surface area (Å²) in [5.74, 6) is 0. The average Bonchev–Trinajstić information content (AvgIpc) is 2.65. The van der Waals surface area contributed by atoms with Crippen molar-refractivity contribution in [2.45, 2.75) is 155 Å². The van der Waals surface area contributed by atoms with Crippen LogP contribution in [0.1, 0.15) is 142 Å². The van der Waals surface area contributed by atoms with Crippen LogP contribution in [0.2, 0.25) is 0 Å². The van der Waals surface area contributed by atoms with Crippen LogP contribution in [0.4, 0.5) is 0 Å². The molecule has 0 aliphatic carbocycles. The monoisotopic (exact) mass is 385 g/mol. The number of hydrogen-bond donors (Lipinski definition) is 3. The predicted octanol–water partition coefficient (Wildman–Crippen LogP) is 7.05. The number of aliphatic hydroxyl groups is 2. The second-order valence-electron chi connectivity index (χ2n) is 8.43. The van der Waals surface area contributed by atoms with Gasteiger partial charge in [0, 0.05) is 0 Å². The fourth-order valence-corrected chi connectivity index (χ4v) is 3.69. The van der Waals surface area contributed by atoms with Crippen molar-refractivity contribution in [1.29, 1.82) is 0 Å². The Morgan fingerprint density at radius 1 is 0.444 bits per heavy atom. The molecule has 0 radical (unpaired) electrons. The molecule has 0 spiro atoms. The van der Waals surface area contributed by atoms with E-state index < -0.39 is 12.5 Å². The quantitative estimate of drug-likeness (QED) is 0.138. The molecule has 2 atom stereocenters. The fraction of sp³-hybridized carbons (Fsp3) is 1.00.